The van der Waals surface area contributed by atoms with Gasteiger partial charge < -0.3 is 20.3 Å². The molecule has 0 heterocycles. The summed E-state index contributed by atoms with van der Waals surface area (Å²) in [5, 5.41) is 23.3. The minimum Gasteiger partial charge on any atom is -0.466 e. The van der Waals surface area contributed by atoms with Gasteiger partial charge in [-0.1, -0.05) is 396 Å². The van der Waals surface area contributed by atoms with Gasteiger partial charge >= 0.3 is 5.97 Å². The minimum absolute atomic E-state index is 0.00420. The Kier molecular flexibility index (Phi) is 76.3. The number of allylic oxidation sites excluding steroid dienone is 7. The van der Waals surface area contributed by atoms with Crippen molar-refractivity contribution in [2.24, 2.45) is 0 Å². The number of aliphatic hydroxyl groups is 2. The number of ether oxygens (including phenoxy) is 1. The first kappa shape index (κ1) is 86.8. The normalized spacial score (nSPS) is 12.7. The summed E-state index contributed by atoms with van der Waals surface area (Å²) in [5.74, 6) is -0.0559. The van der Waals surface area contributed by atoms with Gasteiger partial charge in [-0.2, -0.15) is 0 Å². The molecule has 0 bridgehead atoms. The molecule has 0 aliphatic heterocycles. The lowest BCUT2D eigenvalue weighted by atomic mass is 10.0. The number of unbranched alkanes of at least 4 members (excludes halogenated alkanes) is 59. The monoisotopic (exact) mass is 1250 g/mol. The average molecular weight is 1250 g/mol. The van der Waals surface area contributed by atoms with Crippen LogP contribution in [-0.2, 0) is 14.3 Å². The highest BCUT2D eigenvalue weighted by molar-refractivity contribution is 5.76. The molecule has 0 radical (unpaired) electrons. The van der Waals surface area contributed by atoms with Crippen molar-refractivity contribution in [1.29, 1.82) is 0 Å². The quantitative estimate of drug-likeness (QED) is 0.0320. The molecule has 0 rings (SSSR count). The summed E-state index contributed by atoms with van der Waals surface area (Å²) >= 11 is 0. The van der Waals surface area contributed by atoms with E-state index in [2.05, 4.69) is 55.6 Å². The maximum absolute atomic E-state index is 12.6. The van der Waals surface area contributed by atoms with Gasteiger partial charge in [0.15, 0.2) is 0 Å². The molecule has 0 aromatic heterocycles. The Balaban J connectivity index is 3.38. The predicted molar refractivity (Wildman–Crippen MR) is 393 cm³/mol. The maximum Gasteiger partial charge on any atom is 0.305 e. The smallest absolute Gasteiger partial charge is 0.305 e. The second-order valence-electron chi connectivity index (χ2n) is 27.7. The van der Waals surface area contributed by atoms with Gasteiger partial charge in [0, 0.05) is 12.8 Å². The summed E-state index contributed by atoms with van der Waals surface area (Å²) in [6, 6.07) is -0.628. The fourth-order valence-corrected chi connectivity index (χ4v) is 12.7. The van der Waals surface area contributed by atoms with E-state index < -0.39 is 12.1 Å². The van der Waals surface area contributed by atoms with Gasteiger partial charge in [0.1, 0.15) is 0 Å². The van der Waals surface area contributed by atoms with Crippen LogP contribution in [0.2, 0.25) is 0 Å². The SMILES string of the molecule is CCCC/C=C\C/C=C\CCCCCCCC(=O)OCCCCCCCCCCCCCC/C=C\CCCCCCCCCCCCCCCCCCCC(=O)NC(CO)C(O)/C=C/CCCCCCCCCCCCCCCCCCCCCCCCC. The third kappa shape index (κ3) is 74.7. The van der Waals surface area contributed by atoms with Crippen LogP contribution in [0.15, 0.2) is 48.6 Å². The molecule has 6 heteroatoms. The van der Waals surface area contributed by atoms with E-state index in [1.165, 1.54) is 366 Å². The molecule has 3 N–H and O–H groups in total. The largest absolute Gasteiger partial charge is 0.466 e. The Morgan fingerprint density at radius 1 is 0.315 bits per heavy atom. The van der Waals surface area contributed by atoms with E-state index in [4.69, 9.17) is 4.74 Å². The Hall–Kier alpha value is -2.18. The Morgan fingerprint density at radius 3 is 0.899 bits per heavy atom. The molecule has 0 aliphatic carbocycles. The van der Waals surface area contributed by atoms with Crippen molar-refractivity contribution in [3.05, 3.63) is 48.6 Å². The van der Waals surface area contributed by atoms with Gasteiger partial charge in [-0.15, -0.1) is 0 Å². The van der Waals surface area contributed by atoms with Crippen LogP contribution in [0.1, 0.15) is 444 Å². The number of hydrogen-bond donors (Lipinski definition) is 3. The first-order valence-electron chi connectivity index (χ1n) is 40.4. The summed E-state index contributed by atoms with van der Waals surface area (Å²) in [4.78, 5) is 24.6. The number of amides is 1. The van der Waals surface area contributed by atoms with Gasteiger partial charge in [-0.05, 0) is 83.5 Å². The number of carbonyl (C=O) groups is 2. The molecule has 0 saturated carbocycles. The molecule has 2 atom stereocenters. The van der Waals surface area contributed by atoms with Crippen LogP contribution >= 0.6 is 0 Å². The maximum atomic E-state index is 12.6. The van der Waals surface area contributed by atoms with Crippen LogP contribution in [0.25, 0.3) is 0 Å². The third-order valence-electron chi connectivity index (χ3n) is 18.8. The lowest BCUT2D eigenvalue weighted by Crippen LogP contribution is -2.45. The predicted octanol–water partition coefficient (Wildman–Crippen LogP) is 26.8. The number of carbonyl (C=O) groups excluding carboxylic acids is 2. The molecule has 2 unspecified atom stereocenters. The van der Waals surface area contributed by atoms with E-state index in [1.807, 2.05) is 6.08 Å². The first-order valence-corrected chi connectivity index (χ1v) is 40.4. The van der Waals surface area contributed by atoms with E-state index in [0.717, 1.165) is 51.4 Å². The summed E-state index contributed by atoms with van der Waals surface area (Å²) in [6.07, 6.45) is 104. The van der Waals surface area contributed by atoms with Crippen molar-refractivity contribution in [3.8, 4) is 0 Å². The van der Waals surface area contributed by atoms with Gasteiger partial charge in [0.2, 0.25) is 5.91 Å². The van der Waals surface area contributed by atoms with Crippen LogP contribution in [-0.4, -0.2) is 47.4 Å². The molecule has 89 heavy (non-hydrogen) atoms. The van der Waals surface area contributed by atoms with Gasteiger partial charge in [-0.3, -0.25) is 9.59 Å². The number of hydrogen-bond acceptors (Lipinski definition) is 5. The van der Waals surface area contributed by atoms with E-state index in [0.29, 0.717) is 19.4 Å². The van der Waals surface area contributed by atoms with Crippen molar-refractivity contribution in [2.75, 3.05) is 13.2 Å². The summed E-state index contributed by atoms with van der Waals surface area (Å²) in [5.41, 5.74) is 0. The zero-order chi connectivity index (χ0) is 64.2. The Bertz CT molecular complexity index is 1490. The molecule has 0 saturated heterocycles. The van der Waals surface area contributed by atoms with Crippen molar-refractivity contribution >= 4 is 11.9 Å². The van der Waals surface area contributed by atoms with Gasteiger partial charge in [0.25, 0.3) is 0 Å². The lowest BCUT2D eigenvalue weighted by molar-refractivity contribution is -0.143. The summed E-state index contributed by atoms with van der Waals surface area (Å²) in [6.45, 7) is 4.90. The standard InChI is InChI=1S/C83H157NO5/c1-3-5-7-9-11-13-15-17-19-20-21-22-23-33-36-39-42-45-48-51-55-59-63-67-71-75-81(86)80(79-85)84-82(87)76-72-68-64-60-56-52-49-46-43-40-37-34-31-29-27-25-24-26-28-30-32-35-38-41-44-47-50-54-58-62-66-70-74-78-89-83(88)77-73-69-65-61-57-53-18-16-14-12-10-8-6-4-2/h10,12,16,18,28,30,71,75,80-81,85-86H,3-9,11,13-15,17,19-27,29,31-70,72-74,76-79H2,1-2H3,(H,84,87)/b12-10-,18-16-,30-28-,75-71+. The second kappa shape index (κ2) is 78.3. The van der Waals surface area contributed by atoms with Crippen molar-refractivity contribution in [3.63, 3.8) is 0 Å². The van der Waals surface area contributed by atoms with Crippen LogP contribution in [0, 0.1) is 0 Å². The van der Waals surface area contributed by atoms with Crippen LogP contribution in [0.3, 0.4) is 0 Å². The zero-order valence-corrected chi connectivity index (χ0v) is 60.2. The van der Waals surface area contributed by atoms with Crippen molar-refractivity contribution < 1.29 is 24.5 Å². The lowest BCUT2D eigenvalue weighted by Gasteiger charge is -2.20. The molecule has 1 amide bonds. The minimum atomic E-state index is -0.845. The van der Waals surface area contributed by atoms with E-state index in [-0.39, 0.29) is 18.5 Å². The molecule has 0 fully saturated rings. The average Bonchev–Trinajstić information content (AvgIpc) is 3.68. The second-order valence-corrected chi connectivity index (χ2v) is 27.7. The summed E-state index contributed by atoms with van der Waals surface area (Å²) < 4.78 is 5.49. The summed E-state index contributed by atoms with van der Waals surface area (Å²) in [7, 11) is 0. The molecular weight excluding hydrogens is 1090 g/mol. The molecule has 0 aromatic rings. The van der Waals surface area contributed by atoms with E-state index in [9.17, 15) is 19.8 Å². The van der Waals surface area contributed by atoms with E-state index in [1.54, 1.807) is 6.08 Å². The zero-order valence-electron chi connectivity index (χ0n) is 60.2. The first-order chi connectivity index (χ1) is 44.0. The van der Waals surface area contributed by atoms with Crippen LogP contribution in [0.4, 0.5) is 0 Å². The molecule has 0 aliphatic rings. The number of rotatable bonds is 76. The number of aliphatic hydroxyl groups excluding tert-OH is 2. The highest BCUT2D eigenvalue weighted by Crippen LogP contribution is 2.20. The number of nitrogens with one attached hydrogen (secondary N) is 1. The fourth-order valence-electron chi connectivity index (χ4n) is 12.7. The topological polar surface area (TPSA) is 95.9 Å². The Morgan fingerprint density at radius 2 is 0.573 bits per heavy atom. The molecular formula is C83H157NO5. The van der Waals surface area contributed by atoms with Crippen molar-refractivity contribution in [2.45, 2.75) is 456 Å². The van der Waals surface area contributed by atoms with Crippen molar-refractivity contribution in [1.82, 2.24) is 5.32 Å². The van der Waals surface area contributed by atoms with Crippen LogP contribution < -0.4 is 5.32 Å². The fraction of sp³-hybridized carbons (Fsp3) is 0.880. The molecule has 524 valence electrons. The number of esters is 1. The molecule has 0 spiro atoms. The molecule has 0 aromatic carbocycles. The van der Waals surface area contributed by atoms with Gasteiger partial charge in [0.05, 0.1) is 25.4 Å². The highest BCUT2D eigenvalue weighted by Gasteiger charge is 2.18. The third-order valence-corrected chi connectivity index (χ3v) is 18.8. The molecule has 6 nitrogen and oxygen atoms in total. The Labute approximate surface area is 556 Å². The van der Waals surface area contributed by atoms with E-state index >= 15 is 0 Å². The van der Waals surface area contributed by atoms with Gasteiger partial charge in [-0.25, -0.2) is 0 Å². The van der Waals surface area contributed by atoms with Crippen LogP contribution in [0.5, 0.6) is 0 Å². The highest BCUT2D eigenvalue weighted by atomic mass is 16.5.